The molecule has 2 fully saturated rings. The number of aromatic nitrogens is 2. The van der Waals surface area contributed by atoms with E-state index in [1.807, 2.05) is 24.1 Å². The van der Waals surface area contributed by atoms with Crippen molar-refractivity contribution in [3.63, 3.8) is 0 Å². The lowest BCUT2D eigenvalue weighted by Gasteiger charge is -2.24. The first kappa shape index (κ1) is 13.1. The first-order valence-electron chi connectivity index (χ1n) is 7.55. The van der Waals surface area contributed by atoms with Crippen LogP contribution in [0.1, 0.15) is 42.3 Å². The molecule has 3 heterocycles. The quantitative estimate of drug-likeness (QED) is 0.874. The molecule has 3 atom stereocenters. The van der Waals surface area contributed by atoms with Crippen molar-refractivity contribution < 1.29 is 4.79 Å². The Morgan fingerprint density at radius 3 is 3.05 bits per heavy atom. The van der Waals surface area contributed by atoms with Gasteiger partial charge in [0.2, 0.25) is 5.91 Å². The second-order valence-electron chi connectivity index (χ2n) is 6.14. The van der Waals surface area contributed by atoms with Crippen LogP contribution in [0.3, 0.4) is 0 Å². The molecule has 21 heavy (non-hydrogen) atoms. The van der Waals surface area contributed by atoms with E-state index in [1.54, 1.807) is 11.3 Å². The molecular weight excluding hydrogens is 282 g/mol. The molecule has 0 radical (unpaired) electrons. The largest absolute Gasteiger partial charge is 0.335 e. The third-order valence-electron chi connectivity index (χ3n) is 4.72. The molecule has 4 rings (SSSR count). The Kier molecular flexibility index (Phi) is 3.10. The monoisotopic (exact) mass is 301 g/mol. The molecule has 0 unspecified atom stereocenters. The van der Waals surface area contributed by atoms with Gasteiger partial charge in [-0.2, -0.15) is 16.4 Å². The smallest absolute Gasteiger partial charge is 0.226 e. The zero-order valence-corrected chi connectivity index (χ0v) is 12.9. The standard InChI is InChI=1S/C16H19N3OS/c1-18-9-12(8-17-18)13-7-14(13)16(20)19-5-2-3-15(19)11-4-6-21-10-11/h4,6,8-10,13-15H,2-3,5,7H2,1H3/t13-,14+,15-/m0/s1. The average Bonchev–Trinajstić information content (AvgIpc) is 2.94. The Morgan fingerprint density at radius 1 is 1.43 bits per heavy atom. The first-order chi connectivity index (χ1) is 10.2. The minimum Gasteiger partial charge on any atom is -0.335 e. The van der Waals surface area contributed by atoms with Gasteiger partial charge in [-0.25, -0.2) is 0 Å². The summed E-state index contributed by atoms with van der Waals surface area (Å²) in [4.78, 5) is 14.9. The van der Waals surface area contributed by atoms with Crippen molar-refractivity contribution in [2.45, 2.75) is 31.2 Å². The van der Waals surface area contributed by atoms with Gasteiger partial charge in [0.25, 0.3) is 0 Å². The van der Waals surface area contributed by atoms with Crippen molar-refractivity contribution in [3.05, 3.63) is 40.3 Å². The number of aryl methyl sites for hydroxylation is 1. The molecule has 2 aliphatic rings. The number of rotatable bonds is 3. The van der Waals surface area contributed by atoms with Crippen LogP contribution < -0.4 is 0 Å². The summed E-state index contributed by atoms with van der Waals surface area (Å²) in [7, 11) is 1.93. The van der Waals surface area contributed by atoms with Gasteiger partial charge in [0.1, 0.15) is 0 Å². The van der Waals surface area contributed by atoms with Crippen molar-refractivity contribution in [3.8, 4) is 0 Å². The fourth-order valence-electron chi connectivity index (χ4n) is 3.52. The first-order valence-corrected chi connectivity index (χ1v) is 8.49. The van der Waals surface area contributed by atoms with Crippen LogP contribution in [0, 0.1) is 5.92 Å². The van der Waals surface area contributed by atoms with Crippen LogP contribution in [0.15, 0.2) is 29.2 Å². The van der Waals surface area contributed by atoms with Crippen molar-refractivity contribution >= 4 is 17.2 Å². The molecule has 1 aliphatic heterocycles. The number of nitrogens with zero attached hydrogens (tertiary/aromatic N) is 3. The van der Waals surface area contributed by atoms with Crippen molar-refractivity contribution in [2.75, 3.05) is 6.54 Å². The molecule has 1 saturated heterocycles. The Balaban J connectivity index is 1.48. The third kappa shape index (κ3) is 2.29. The average molecular weight is 301 g/mol. The summed E-state index contributed by atoms with van der Waals surface area (Å²) in [6.07, 6.45) is 7.15. The molecule has 4 nitrogen and oxygen atoms in total. The van der Waals surface area contributed by atoms with Crippen LogP contribution in [0.4, 0.5) is 0 Å². The van der Waals surface area contributed by atoms with Crippen LogP contribution in [-0.4, -0.2) is 27.1 Å². The minimum absolute atomic E-state index is 0.174. The van der Waals surface area contributed by atoms with Gasteiger partial charge in [0.05, 0.1) is 12.2 Å². The number of amides is 1. The summed E-state index contributed by atoms with van der Waals surface area (Å²) in [5, 5.41) is 8.50. The van der Waals surface area contributed by atoms with Gasteiger partial charge in [-0.3, -0.25) is 9.48 Å². The van der Waals surface area contributed by atoms with E-state index in [4.69, 9.17) is 0 Å². The predicted molar refractivity (Wildman–Crippen MR) is 82.1 cm³/mol. The summed E-state index contributed by atoms with van der Waals surface area (Å²) in [5.74, 6) is 0.904. The number of likely N-dealkylation sites (tertiary alicyclic amines) is 1. The lowest BCUT2D eigenvalue weighted by Crippen LogP contribution is -2.31. The van der Waals surface area contributed by atoms with Gasteiger partial charge in [0, 0.05) is 25.7 Å². The van der Waals surface area contributed by atoms with Gasteiger partial charge in [-0.15, -0.1) is 0 Å². The van der Waals surface area contributed by atoms with E-state index in [1.165, 1.54) is 11.1 Å². The molecule has 1 amide bonds. The number of hydrogen-bond donors (Lipinski definition) is 0. The highest BCUT2D eigenvalue weighted by Crippen LogP contribution is 2.50. The minimum atomic E-state index is 0.174. The van der Waals surface area contributed by atoms with Crippen LogP contribution >= 0.6 is 11.3 Å². The molecule has 2 aromatic heterocycles. The van der Waals surface area contributed by atoms with E-state index >= 15 is 0 Å². The van der Waals surface area contributed by atoms with E-state index in [9.17, 15) is 4.79 Å². The summed E-state index contributed by atoms with van der Waals surface area (Å²) < 4.78 is 1.82. The fraction of sp³-hybridized carbons (Fsp3) is 0.500. The normalized spacial score (nSPS) is 28.0. The Labute approximate surface area is 128 Å². The van der Waals surface area contributed by atoms with E-state index in [0.717, 1.165) is 25.8 Å². The summed E-state index contributed by atoms with van der Waals surface area (Å²) >= 11 is 1.72. The molecule has 0 spiro atoms. The van der Waals surface area contributed by atoms with Gasteiger partial charge in [-0.1, -0.05) is 0 Å². The molecule has 1 aliphatic carbocycles. The van der Waals surface area contributed by atoms with Crippen LogP contribution in [0.5, 0.6) is 0 Å². The van der Waals surface area contributed by atoms with E-state index < -0.39 is 0 Å². The third-order valence-corrected chi connectivity index (χ3v) is 5.43. The van der Waals surface area contributed by atoms with E-state index in [0.29, 0.717) is 17.9 Å². The highest BCUT2D eigenvalue weighted by atomic mass is 32.1. The number of hydrogen-bond acceptors (Lipinski definition) is 3. The molecule has 110 valence electrons. The maximum Gasteiger partial charge on any atom is 0.226 e. The summed E-state index contributed by atoms with van der Waals surface area (Å²) in [6.45, 7) is 0.912. The van der Waals surface area contributed by atoms with Gasteiger partial charge in [-0.05, 0) is 53.1 Å². The zero-order chi connectivity index (χ0) is 14.4. The topological polar surface area (TPSA) is 38.1 Å². The van der Waals surface area contributed by atoms with E-state index in [2.05, 4.69) is 26.8 Å². The summed E-state index contributed by atoms with van der Waals surface area (Å²) in [6, 6.07) is 2.46. The zero-order valence-electron chi connectivity index (χ0n) is 12.1. The Hall–Kier alpha value is -1.62. The van der Waals surface area contributed by atoms with Crippen LogP contribution in [0.25, 0.3) is 0 Å². The number of carbonyl (C=O) groups is 1. The van der Waals surface area contributed by atoms with Crippen molar-refractivity contribution in [2.24, 2.45) is 13.0 Å². The lowest BCUT2D eigenvalue weighted by molar-refractivity contribution is -0.133. The maximum absolute atomic E-state index is 12.8. The molecular formula is C16H19N3OS. The molecule has 0 bridgehead atoms. The predicted octanol–water partition coefficient (Wildman–Crippen LogP) is 2.95. The molecule has 1 saturated carbocycles. The SMILES string of the molecule is Cn1cc([C@@H]2C[C@H]2C(=O)N2CCC[C@H]2c2ccsc2)cn1. The van der Waals surface area contributed by atoms with Gasteiger partial charge >= 0.3 is 0 Å². The van der Waals surface area contributed by atoms with Gasteiger partial charge < -0.3 is 4.90 Å². The lowest BCUT2D eigenvalue weighted by atomic mass is 10.1. The second kappa shape index (κ2) is 4.98. The number of thiophene rings is 1. The fourth-order valence-corrected chi connectivity index (χ4v) is 4.23. The maximum atomic E-state index is 12.8. The Morgan fingerprint density at radius 2 is 2.33 bits per heavy atom. The molecule has 0 N–H and O–H groups in total. The molecule has 2 aromatic rings. The van der Waals surface area contributed by atoms with E-state index in [-0.39, 0.29) is 5.92 Å². The van der Waals surface area contributed by atoms with Gasteiger partial charge in [0.15, 0.2) is 0 Å². The Bertz CT molecular complexity index is 648. The second-order valence-corrected chi connectivity index (χ2v) is 6.92. The highest BCUT2D eigenvalue weighted by molar-refractivity contribution is 7.07. The number of carbonyl (C=O) groups excluding carboxylic acids is 1. The van der Waals surface area contributed by atoms with Crippen LogP contribution in [-0.2, 0) is 11.8 Å². The van der Waals surface area contributed by atoms with Crippen molar-refractivity contribution in [1.29, 1.82) is 0 Å². The van der Waals surface area contributed by atoms with Crippen molar-refractivity contribution in [1.82, 2.24) is 14.7 Å². The van der Waals surface area contributed by atoms with Crippen LogP contribution in [0.2, 0.25) is 0 Å². The highest BCUT2D eigenvalue weighted by Gasteiger charge is 2.48. The molecule has 5 heteroatoms. The summed E-state index contributed by atoms with van der Waals surface area (Å²) in [5.41, 5.74) is 2.52. The molecule has 0 aromatic carbocycles.